The molecule has 0 bridgehead atoms. The lowest BCUT2D eigenvalue weighted by atomic mass is 10.2. The van der Waals surface area contributed by atoms with Crippen LogP contribution in [-0.2, 0) is 16.6 Å². The minimum Gasteiger partial charge on any atom is -0.302 e. The Bertz CT molecular complexity index is 1320. The van der Waals surface area contributed by atoms with Crippen molar-refractivity contribution < 1.29 is 22.0 Å². The first-order chi connectivity index (χ1) is 13.6. The molecule has 0 fully saturated rings. The van der Waals surface area contributed by atoms with Crippen LogP contribution >= 0.6 is 11.3 Å². The highest BCUT2D eigenvalue weighted by Crippen LogP contribution is 2.22. The first-order valence-electron chi connectivity index (χ1n) is 8.18. The number of thiazole rings is 1. The molecule has 150 valence electrons. The lowest BCUT2D eigenvalue weighted by molar-refractivity contribution is 0.0997. The highest BCUT2D eigenvalue weighted by molar-refractivity contribution is 7.89. The molecular formula is C19H15F2N3O3S2. The number of benzene rings is 2. The van der Waals surface area contributed by atoms with E-state index in [1.807, 2.05) is 0 Å². The summed E-state index contributed by atoms with van der Waals surface area (Å²) in [6.45, 7) is -0.0608. The molecule has 0 aliphatic carbocycles. The molecule has 6 nitrogen and oxygen atoms in total. The van der Waals surface area contributed by atoms with Gasteiger partial charge in [0.1, 0.15) is 5.82 Å². The maximum Gasteiger partial charge on any atom is 0.279 e. The number of aromatic nitrogens is 1. The van der Waals surface area contributed by atoms with Crippen LogP contribution in [0.5, 0.6) is 0 Å². The van der Waals surface area contributed by atoms with Crippen molar-refractivity contribution in [2.75, 3.05) is 14.1 Å². The molecule has 0 N–H and O–H groups in total. The van der Waals surface area contributed by atoms with Crippen molar-refractivity contribution in [3.63, 3.8) is 0 Å². The van der Waals surface area contributed by atoms with Crippen molar-refractivity contribution in [2.24, 2.45) is 4.99 Å². The van der Waals surface area contributed by atoms with Gasteiger partial charge in [-0.05, 0) is 30.3 Å². The molecule has 1 amide bonds. The highest BCUT2D eigenvalue weighted by atomic mass is 32.2. The third-order valence-corrected chi connectivity index (χ3v) is 6.88. The van der Waals surface area contributed by atoms with Gasteiger partial charge in [0.25, 0.3) is 5.91 Å². The average molecular weight is 435 g/mol. The maximum absolute atomic E-state index is 14.2. The van der Waals surface area contributed by atoms with E-state index in [4.69, 9.17) is 6.42 Å². The second kappa shape index (κ2) is 7.87. The van der Waals surface area contributed by atoms with E-state index in [0.29, 0.717) is 0 Å². The van der Waals surface area contributed by atoms with Crippen LogP contribution in [0.25, 0.3) is 10.2 Å². The molecule has 3 aromatic rings. The van der Waals surface area contributed by atoms with E-state index >= 15 is 0 Å². The zero-order valence-corrected chi connectivity index (χ0v) is 17.0. The first kappa shape index (κ1) is 20.9. The van der Waals surface area contributed by atoms with Crippen LogP contribution in [0.15, 0.2) is 46.3 Å². The summed E-state index contributed by atoms with van der Waals surface area (Å²) in [5.41, 5.74) is 0.201. The van der Waals surface area contributed by atoms with Crippen molar-refractivity contribution in [3.05, 3.63) is 58.4 Å². The molecular weight excluding hydrogens is 420 g/mol. The van der Waals surface area contributed by atoms with E-state index in [-0.39, 0.29) is 32.0 Å². The number of terminal acetylenes is 1. The Kier molecular flexibility index (Phi) is 5.66. The molecule has 0 atom stereocenters. The Morgan fingerprint density at radius 2 is 1.90 bits per heavy atom. The Morgan fingerprint density at radius 1 is 1.24 bits per heavy atom. The fourth-order valence-electron chi connectivity index (χ4n) is 2.58. The van der Waals surface area contributed by atoms with Crippen LogP contribution < -0.4 is 4.80 Å². The number of rotatable bonds is 4. The molecule has 2 aromatic carbocycles. The zero-order chi connectivity index (χ0) is 21.3. The Hall–Kier alpha value is -2.87. The number of amides is 1. The number of carbonyl (C=O) groups is 1. The summed E-state index contributed by atoms with van der Waals surface area (Å²) in [4.78, 5) is 16.7. The number of hydrogen-bond donors (Lipinski definition) is 0. The quantitative estimate of drug-likeness (QED) is 0.592. The summed E-state index contributed by atoms with van der Waals surface area (Å²) < 4.78 is 54.6. The molecule has 1 aromatic heterocycles. The van der Waals surface area contributed by atoms with E-state index in [1.54, 1.807) is 0 Å². The Labute approximate surface area is 169 Å². The van der Waals surface area contributed by atoms with Crippen LogP contribution in [0, 0.1) is 24.0 Å². The molecule has 0 saturated heterocycles. The summed E-state index contributed by atoms with van der Waals surface area (Å²) in [6.07, 6.45) is 5.33. The molecule has 0 spiro atoms. The Balaban J connectivity index is 2.08. The predicted octanol–water partition coefficient (Wildman–Crippen LogP) is 2.61. The minimum absolute atomic E-state index is 0.0286. The third-order valence-electron chi connectivity index (χ3n) is 4.02. The number of fused-ring (bicyclic) bond motifs is 1. The van der Waals surface area contributed by atoms with Crippen molar-refractivity contribution in [1.82, 2.24) is 8.87 Å². The van der Waals surface area contributed by atoms with Gasteiger partial charge in [0.15, 0.2) is 10.6 Å². The molecule has 0 aliphatic heterocycles. The summed E-state index contributed by atoms with van der Waals surface area (Å²) in [7, 11) is -0.828. The van der Waals surface area contributed by atoms with Gasteiger partial charge in [-0.1, -0.05) is 17.3 Å². The summed E-state index contributed by atoms with van der Waals surface area (Å²) in [5.74, 6) is 0.132. The molecule has 3 rings (SSSR count). The van der Waals surface area contributed by atoms with E-state index in [2.05, 4.69) is 10.9 Å². The van der Waals surface area contributed by atoms with Crippen molar-refractivity contribution in [1.29, 1.82) is 0 Å². The number of sulfonamides is 1. The van der Waals surface area contributed by atoms with Crippen molar-refractivity contribution in [3.8, 4) is 12.3 Å². The number of hydrogen-bond acceptors (Lipinski definition) is 4. The topological polar surface area (TPSA) is 71.7 Å². The van der Waals surface area contributed by atoms with Gasteiger partial charge >= 0.3 is 0 Å². The second-order valence-electron chi connectivity index (χ2n) is 6.14. The van der Waals surface area contributed by atoms with Crippen LogP contribution in [-0.4, -0.2) is 37.3 Å². The van der Waals surface area contributed by atoms with Gasteiger partial charge in [-0.15, -0.1) is 6.42 Å². The fourth-order valence-corrected chi connectivity index (χ4v) is 4.55. The fraction of sp³-hybridized carbons (Fsp3) is 0.158. The highest BCUT2D eigenvalue weighted by Gasteiger charge is 2.18. The van der Waals surface area contributed by atoms with Gasteiger partial charge in [-0.3, -0.25) is 4.79 Å². The standard InChI is InChI=1S/C19H15F2N3O3S2/c1-4-9-24-17-15(21)10-13(20)11-16(17)28-19(24)22-18(25)12-5-7-14(8-6-12)29(26,27)23(2)3/h1,5-8,10-11H,9H2,2-3H3. The maximum atomic E-state index is 14.2. The monoisotopic (exact) mass is 435 g/mol. The van der Waals surface area contributed by atoms with Crippen molar-refractivity contribution in [2.45, 2.75) is 11.4 Å². The number of halogens is 2. The predicted molar refractivity (Wildman–Crippen MR) is 106 cm³/mol. The number of nitrogens with zero attached hydrogens (tertiary/aromatic N) is 3. The molecule has 29 heavy (non-hydrogen) atoms. The van der Waals surface area contributed by atoms with E-state index in [9.17, 15) is 22.0 Å². The molecule has 0 unspecified atom stereocenters. The molecule has 0 saturated carbocycles. The molecule has 0 radical (unpaired) electrons. The van der Waals surface area contributed by atoms with Gasteiger partial charge in [0, 0.05) is 25.7 Å². The van der Waals surface area contributed by atoms with Gasteiger partial charge in [0.2, 0.25) is 10.0 Å². The van der Waals surface area contributed by atoms with Crippen LogP contribution in [0.1, 0.15) is 10.4 Å². The molecule has 1 heterocycles. The summed E-state index contributed by atoms with van der Waals surface area (Å²) >= 11 is 0.924. The lowest BCUT2D eigenvalue weighted by Crippen LogP contribution is -2.22. The van der Waals surface area contributed by atoms with Gasteiger partial charge in [-0.25, -0.2) is 21.5 Å². The third kappa shape index (κ3) is 3.98. The van der Waals surface area contributed by atoms with E-state index in [1.165, 1.54) is 42.9 Å². The summed E-state index contributed by atoms with van der Waals surface area (Å²) in [5, 5.41) is 0. The van der Waals surface area contributed by atoms with Crippen LogP contribution in [0.2, 0.25) is 0 Å². The van der Waals surface area contributed by atoms with Crippen LogP contribution in [0.3, 0.4) is 0 Å². The largest absolute Gasteiger partial charge is 0.302 e. The van der Waals surface area contributed by atoms with Crippen molar-refractivity contribution >= 4 is 37.5 Å². The van der Waals surface area contributed by atoms with Gasteiger partial charge in [0.05, 0.1) is 21.7 Å². The van der Waals surface area contributed by atoms with E-state index in [0.717, 1.165) is 27.8 Å². The van der Waals surface area contributed by atoms with Gasteiger partial charge < -0.3 is 4.57 Å². The molecule has 0 aliphatic rings. The van der Waals surface area contributed by atoms with E-state index < -0.39 is 27.6 Å². The average Bonchev–Trinajstić information content (AvgIpc) is 2.99. The smallest absolute Gasteiger partial charge is 0.279 e. The Morgan fingerprint density at radius 3 is 2.48 bits per heavy atom. The lowest BCUT2D eigenvalue weighted by Gasteiger charge is -2.11. The zero-order valence-electron chi connectivity index (χ0n) is 15.4. The minimum atomic E-state index is -3.63. The summed E-state index contributed by atoms with van der Waals surface area (Å²) in [6, 6.07) is 7.14. The molecule has 10 heteroatoms. The van der Waals surface area contributed by atoms with Crippen LogP contribution in [0.4, 0.5) is 8.78 Å². The normalized spacial score (nSPS) is 12.5. The van der Waals surface area contributed by atoms with Gasteiger partial charge in [-0.2, -0.15) is 4.99 Å². The first-order valence-corrected chi connectivity index (χ1v) is 10.4. The second-order valence-corrected chi connectivity index (χ2v) is 9.30. The SMILES string of the molecule is C#CCn1c(=NC(=O)c2ccc(S(=O)(=O)N(C)C)cc2)sc2cc(F)cc(F)c21. The number of carbonyl (C=O) groups excluding carboxylic acids is 1.